The van der Waals surface area contributed by atoms with Crippen molar-refractivity contribution in [2.45, 2.75) is 23.5 Å². The molecule has 0 aliphatic rings. The summed E-state index contributed by atoms with van der Waals surface area (Å²) in [7, 11) is 1.70. The third-order valence-corrected chi connectivity index (χ3v) is 4.45. The van der Waals surface area contributed by atoms with Crippen LogP contribution >= 0.6 is 27.7 Å². The largest absolute Gasteiger partial charge is 0.383 e. The molecule has 5 nitrogen and oxygen atoms in total. The van der Waals surface area contributed by atoms with Gasteiger partial charge in [0, 0.05) is 29.6 Å². The van der Waals surface area contributed by atoms with Gasteiger partial charge in [0.2, 0.25) is 5.16 Å². The fourth-order valence-electron chi connectivity index (χ4n) is 1.61. The maximum atomic E-state index is 5.00. The second-order valence-electron chi connectivity index (χ2n) is 4.24. The predicted molar refractivity (Wildman–Crippen MR) is 83.0 cm³/mol. The first-order chi connectivity index (χ1) is 9.69. The van der Waals surface area contributed by atoms with Crippen molar-refractivity contribution in [2.24, 2.45) is 0 Å². The van der Waals surface area contributed by atoms with Gasteiger partial charge in [0.15, 0.2) is 0 Å². The molecule has 0 spiro atoms. The van der Waals surface area contributed by atoms with Crippen molar-refractivity contribution in [2.75, 3.05) is 20.3 Å². The number of aryl methyl sites for hydroxylation is 1. The van der Waals surface area contributed by atoms with E-state index in [-0.39, 0.29) is 0 Å². The van der Waals surface area contributed by atoms with Crippen LogP contribution in [0.1, 0.15) is 11.4 Å². The van der Waals surface area contributed by atoms with Gasteiger partial charge in [-0.05, 0) is 52.3 Å². The van der Waals surface area contributed by atoms with Gasteiger partial charge >= 0.3 is 0 Å². The molecule has 0 radical (unpaired) electrons. The lowest BCUT2D eigenvalue weighted by molar-refractivity contribution is 0.199. The Morgan fingerprint density at radius 3 is 2.95 bits per heavy atom. The highest BCUT2D eigenvalue weighted by molar-refractivity contribution is 9.10. The summed E-state index contributed by atoms with van der Waals surface area (Å²) < 4.78 is 6.05. The summed E-state index contributed by atoms with van der Waals surface area (Å²) in [4.78, 5) is 5.39. The Labute approximate surface area is 131 Å². The maximum Gasteiger partial charge on any atom is 0.213 e. The fourth-order valence-corrected chi connectivity index (χ4v) is 3.04. The summed E-state index contributed by atoms with van der Waals surface area (Å²) in [5.41, 5.74) is 1.23. The topological polar surface area (TPSA) is 62.8 Å². The summed E-state index contributed by atoms with van der Waals surface area (Å²) in [5, 5.41) is 11.0. The summed E-state index contributed by atoms with van der Waals surface area (Å²) in [5.74, 6) is 0.822. The fraction of sp³-hybridized carbons (Fsp3) is 0.385. The van der Waals surface area contributed by atoms with Crippen LogP contribution in [0.2, 0.25) is 0 Å². The lowest BCUT2D eigenvalue weighted by Gasteiger charge is -2.07. The van der Waals surface area contributed by atoms with Gasteiger partial charge in [0.05, 0.1) is 6.61 Å². The average Bonchev–Trinajstić information content (AvgIpc) is 2.83. The van der Waals surface area contributed by atoms with E-state index < -0.39 is 0 Å². The molecule has 2 N–H and O–H groups in total. The number of methoxy groups -OCH3 is 1. The van der Waals surface area contributed by atoms with Gasteiger partial charge in [-0.3, -0.25) is 5.10 Å². The molecule has 0 aliphatic heterocycles. The molecule has 0 unspecified atom stereocenters. The number of hydrogen-bond donors (Lipinski definition) is 2. The highest BCUT2D eigenvalue weighted by Gasteiger charge is 2.07. The van der Waals surface area contributed by atoms with Crippen LogP contribution in [0.4, 0.5) is 0 Å². The number of rotatable bonds is 7. The second kappa shape index (κ2) is 7.78. The van der Waals surface area contributed by atoms with Gasteiger partial charge in [0.1, 0.15) is 5.82 Å². The lowest BCUT2D eigenvalue weighted by Crippen LogP contribution is -2.18. The molecule has 20 heavy (non-hydrogen) atoms. The van der Waals surface area contributed by atoms with Gasteiger partial charge in [0.25, 0.3) is 0 Å². The monoisotopic (exact) mass is 356 g/mol. The smallest absolute Gasteiger partial charge is 0.213 e. The van der Waals surface area contributed by atoms with Crippen LogP contribution in [0.5, 0.6) is 0 Å². The standard InChI is InChI=1S/C13H17BrN4OS/c1-9-16-13(18-17-9)20-12-4-3-10(7-11(12)14)8-15-5-6-19-2/h3-4,7,15H,5-6,8H2,1-2H3,(H,16,17,18). The Morgan fingerprint density at radius 2 is 2.30 bits per heavy atom. The number of benzene rings is 1. The number of aromatic amines is 1. The number of hydrogen-bond acceptors (Lipinski definition) is 5. The summed E-state index contributed by atoms with van der Waals surface area (Å²) in [6.07, 6.45) is 0. The molecule has 0 amide bonds. The van der Waals surface area contributed by atoms with Crippen molar-refractivity contribution >= 4 is 27.7 Å². The van der Waals surface area contributed by atoms with E-state index in [9.17, 15) is 0 Å². The SMILES string of the molecule is COCCNCc1ccc(Sc2n[nH]c(C)n2)c(Br)c1. The normalized spacial score (nSPS) is 10.9. The van der Waals surface area contributed by atoms with E-state index >= 15 is 0 Å². The molecule has 2 rings (SSSR count). The molecule has 1 heterocycles. The van der Waals surface area contributed by atoms with Crippen molar-refractivity contribution in [1.29, 1.82) is 0 Å². The molecule has 1 aromatic heterocycles. The molecular formula is C13H17BrN4OS. The van der Waals surface area contributed by atoms with Crippen molar-refractivity contribution in [3.8, 4) is 0 Å². The van der Waals surface area contributed by atoms with E-state index in [1.165, 1.54) is 17.3 Å². The van der Waals surface area contributed by atoms with Gasteiger partial charge in [-0.1, -0.05) is 6.07 Å². The van der Waals surface area contributed by atoms with Crippen LogP contribution in [0, 0.1) is 6.92 Å². The molecule has 2 aromatic rings. The Morgan fingerprint density at radius 1 is 1.45 bits per heavy atom. The minimum absolute atomic E-state index is 0.722. The molecule has 0 aliphatic carbocycles. The Balaban J connectivity index is 1.95. The van der Waals surface area contributed by atoms with Crippen LogP contribution in [0.25, 0.3) is 0 Å². The second-order valence-corrected chi connectivity index (χ2v) is 6.10. The summed E-state index contributed by atoms with van der Waals surface area (Å²) in [6.45, 7) is 4.29. The molecule has 0 bridgehead atoms. The predicted octanol–water partition coefficient (Wildman–Crippen LogP) is 2.76. The van der Waals surface area contributed by atoms with Crippen LogP contribution < -0.4 is 5.32 Å². The molecule has 0 atom stereocenters. The first-order valence-corrected chi connectivity index (χ1v) is 7.85. The van der Waals surface area contributed by atoms with Crippen LogP contribution in [-0.4, -0.2) is 35.4 Å². The zero-order valence-corrected chi connectivity index (χ0v) is 13.8. The molecular weight excluding hydrogens is 340 g/mol. The van der Waals surface area contributed by atoms with Crippen molar-refractivity contribution in [1.82, 2.24) is 20.5 Å². The quantitative estimate of drug-likeness (QED) is 0.746. The van der Waals surface area contributed by atoms with Crippen molar-refractivity contribution in [3.63, 3.8) is 0 Å². The minimum Gasteiger partial charge on any atom is -0.383 e. The number of halogens is 1. The van der Waals surface area contributed by atoms with Crippen LogP contribution in [-0.2, 0) is 11.3 Å². The third-order valence-electron chi connectivity index (χ3n) is 2.59. The van der Waals surface area contributed by atoms with E-state index in [0.29, 0.717) is 0 Å². The Kier molecular flexibility index (Phi) is 6.03. The zero-order valence-electron chi connectivity index (χ0n) is 11.4. The Hall–Kier alpha value is -0.890. The van der Waals surface area contributed by atoms with E-state index in [4.69, 9.17) is 4.74 Å². The number of aromatic nitrogens is 3. The lowest BCUT2D eigenvalue weighted by atomic mass is 10.2. The highest BCUT2D eigenvalue weighted by atomic mass is 79.9. The van der Waals surface area contributed by atoms with Crippen molar-refractivity contribution in [3.05, 3.63) is 34.1 Å². The van der Waals surface area contributed by atoms with Crippen LogP contribution in [0.3, 0.4) is 0 Å². The van der Waals surface area contributed by atoms with Gasteiger partial charge in [-0.2, -0.15) is 0 Å². The Bertz CT molecular complexity index is 561. The minimum atomic E-state index is 0.722. The molecule has 7 heteroatoms. The molecule has 108 valence electrons. The van der Waals surface area contributed by atoms with Gasteiger partial charge < -0.3 is 10.1 Å². The third kappa shape index (κ3) is 4.59. The zero-order chi connectivity index (χ0) is 14.4. The number of H-pyrrole nitrogens is 1. The highest BCUT2D eigenvalue weighted by Crippen LogP contribution is 2.32. The van der Waals surface area contributed by atoms with Crippen LogP contribution in [0.15, 0.2) is 32.7 Å². The molecule has 1 aromatic carbocycles. The molecule has 0 saturated carbocycles. The number of nitrogens with one attached hydrogen (secondary N) is 2. The molecule has 0 fully saturated rings. The van der Waals surface area contributed by atoms with E-state index in [1.807, 2.05) is 6.92 Å². The maximum absolute atomic E-state index is 5.00. The number of nitrogens with zero attached hydrogens (tertiary/aromatic N) is 2. The first-order valence-electron chi connectivity index (χ1n) is 6.24. The number of ether oxygens (including phenoxy) is 1. The first kappa shape index (κ1) is 15.5. The van der Waals surface area contributed by atoms with Gasteiger partial charge in [-0.25, -0.2) is 4.98 Å². The van der Waals surface area contributed by atoms with Gasteiger partial charge in [-0.15, -0.1) is 5.10 Å². The van der Waals surface area contributed by atoms with E-state index in [2.05, 4.69) is 54.6 Å². The van der Waals surface area contributed by atoms with E-state index in [1.54, 1.807) is 7.11 Å². The van der Waals surface area contributed by atoms with Crippen molar-refractivity contribution < 1.29 is 4.74 Å². The summed E-state index contributed by atoms with van der Waals surface area (Å²) in [6, 6.07) is 6.29. The van der Waals surface area contributed by atoms with E-state index in [0.717, 1.165) is 40.0 Å². The average molecular weight is 357 g/mol. The summed E-state index contributed by atoms with van der Waals surface area (Å²) >= 11 is 5.13. The molecule has 0 saturated heterocycles.